The lowest BCUT2D eigenvalue weighted by atomic mass is 10.1. The van der Waals surface area contributed by atoms with Gasteiger partial charge in [-0.25, -0.2) is 8.42 Å². The number of carbonyl (C=O) groups excluding carboxylic acids is 2. The number of aryl methyl sites for hydroxylation is 1. The number of methoxy groups -OCH3 is 1. The highest BCUT2D eigenvalue weighted by Gasteiger charge is 2.34. The number of rotatable bonds is 10. The fourth-order valence-corrected chi connectivity index (χ4v) is 5.76. The zero-order chi connectivity index (χ0) is 30.5. The Morgan fingerprint density at radius 1 is 0.951 bits per heavy atom. The van der Waals surface area contributed by atoms with Crippen molar-refractivity contribution in [3.63, 3.8) is 0 Å². The second-order valence-corrected chi connectivity index (χ2v) is 13.4. The van der Waals surface area contributed by atoms with E-state index in [1.807, 2.05) is 27.7 Å². The number of halogens is 2. The number of nitrogens with zero attached hydrogens (tertiary/aromatic N) is 2. The van der Waals surface area contributed by atoms with E-state index in [2.05, 4.69) is 5.32 Å². The standard InChI is InChI=1S/C30H35Cl2N3O5S/c1-20-7-14-25(15-8-20)41(38,39)35(26-17-24(32)13-16-27(26)40-6)19-28(36)34(18-22-9-11-23(31)12-10-22)21(2)29(37)33-30(3,4)5/h7-17,21H,18-19H2,1-6H3,(H,33,37). The molecule has 41 heavy (non-hydrogen) atoms. The molecule has 11 heteroatoms. The number of amides is 2. The van der Waals surface area contributed by atoms with Crippen molar-refractivity contribution in [2.45, 2.75) is 57.6 Å². The highest BCUT2D eigenvalue weighted by molar-refractivity contribution is 7.92. The van der Waals surface area contributed by atoms with Crippen LogP contribution in [0.2, 0.25) is 10.0 Å². The maximum absolute atomic E-state index is 14.1. The van der Waals surface area contributed by atoms with Crippen LogP contribution in [0.25, 0.3) is 0 Å². The Bertz CT molecular complexity index is 1490. The van der Waals surface area contributed by atoms with E-state index in [-0.39, 0.29) is 33.8 Å². The highest BCUT2D eigenvalue weighted by Crippen LogP contribution is 2.35. The van der Waals surface area contributed by atoms with Gasteiger partial charge in [0, 0.05) is 22.1 Å². The Labute approximate surface area is 252 Å². The first-order valence-corrected chi connectivity index (χ1v) is 15.1. The van der Waals surface area contributed by atoms with Gasteiger partial charge >= 0.3 is 0 Å². The summed E-state index contributed by atoms with van der Waals surface area (Å²) in [6.07, 6.45) is 0. The summed E-state index contributed by atoms with van der Waals surface area (Å²) in [5, 5.41) is 3.68. The number of sulfonamides is 1. The van der Waals surface area contributed by atoms with Crippen molar-refractivity contribution in [3.05, 3.63) is 87.9 Å². The number of hydrogen-bond acceptors (Lipinski definition) is 5. The van der Waals surface area contributed by atoms with E-state index in [0.29, 0.717) is 10.6 Å². The van der Waals surface area contributed by atoms with Crippen LogP contribution in [0.1, 0.15) is 38.8 Å². The summed E-state index contributed by atoms with van der Waals surface area (Å²) in [5.74, 6) is -0.775. The van der Waals surface area contributed by atoms with Crippen LogP contribution in [0, 0.1) is 6.92 Å². The molecule has 3 aromatic carbocycles. The number of anilines is 1. The number of hydrogen-bond donors (Lipinski definition) is 1. The zero-order valence-corrected chi connectivity index (χ0v) is 26.3. The summed E-state index contributed by atoms with van der Waals surface area (Å²) < 4.78 is 34.5. The molecule has 3 rings (SSSR count). The Morgan fingerprint density at radius 3 is 2.10 bits per heavy atom. The van der Waals surface area contributed by atoms with E-state index in [1.54, 1.807) is 49.4 Å². The molecule has 0 aliphatic carbocycles. The van der Waals surface area contributed by atoms with Gasteiger partial charge in [0.1, 0.15) is 18.3 Å². The summed E-state index contributed by atoms with van der Waals surface area (Å²) in [6.45, 7) is 8.39. The van der Waals surface area contributed by atoms with Crippen LogP contribution in [0.5, 0.6) is 5.75 Å². The molecule has 0 aliphatic rings. The molecule has 0 aliphatic heterocycles. The monoisotopic (exact) mass is 619 g/mol. The summed E-state index contributed by atoms with van der Waals surface area (Å²) >= 11 is 12.3. The minimum Gasteiger partial charge on any atom is -0.495 e. The molecule has 0 bridgehead atoms. The summed E-state index contributed by atoms with van der Waals surface area (Å²) in [5.41, 5.74) is 1.13. The SMILES string of the molecule is COc1ccc(Cl)cc1N(CC(=O)N(Cc1ccc(Cl)cc1)C(C)C(=O)NC(C)(C)C)S(=O)(=O)c1ccc(C)cc1. The topological polar surface area (TPSA) is 96.0 Å². The van der Waals surface area contributed by atoms with Crippen LogP contribution < -0.4 is 14.4 Å². The lowest BCUT2D eigenvalue weighted by Gasteiger charge is -2.33. The van der Waals surface area contributed by atoms with Crippen LogP contribution >= 0.6 is 23.2 Å². The third-order valence-corrected chi connectivity index (χ3v) is 8.49. The average Bonchev–Trinajstić information content (AvgIpc) is 2.90. The Balaban J connectivity index is 2.10. The van der Waals surface area contributed by atoms with Crippen molar-refractivity contribution >= 4 is 50.7 Å². The summed E-state index contributed by atoms with van der Waals surface area (Å²) in [7, 11) is -2.87. The predicted molar refractivity (Wildman–Crippen MR) is 163 cm³/mol. The minimum absolute atomic E-state index is 0.0132. The van der Waals surface area contributed by atoms with Crippen molar-refractivity contribution in [3.8, 4) is 5.75 Å². The molecule has 0 saturated heterocycles. The Hall–Kier alpha value is -3.27. The zero-order valence-electron chi connectivity index (χ0n) is 23.9. The number of nitrogens with one attached hydrogen (secondary N) is 1. The second kappa shape index (κ2) is 13.1. The molecule has 1 unspecified atom stereocenters. The molecule has 0 heterocycles. The summed E-state index contributed by atoms with van der Waals surface area (Å²) in [4.78, 5) is 28.6. The molecule has 0 aromatic heterocycles. The molecule has 0 spiro atoms. The molecule has 1 N–H and O–H groups in total. The maximum Gasteiger partial charge on any atom is 0.264 e. The van der Waals surface area contributed by atoms with Crippen LogP contribution in [0.4, 0.5) is 5.69 Å². The Morgan fingerprint density at radius 2 is 1.54 bits per heavy atom. The van der Waals surface area contributed by atoms with Gasteiger partial charge in [-0.3, -0.25) is 13.9 Å². The van der Waals surface area contributed by atoms with Crippen molar-refractivity contribution < 1.29 is 22.7 Å². The fraction of sp³-hybridized carbons (Fsp3) is 0.333. The van der Waals surface area contributed by atoms with E-state index in [1.165, 1.54) is 36.3 Å². The summed E-state index contributed by atoms with van der Waals surface area (Å²) in [6, 6.07) is 16.8. The molecule has 220 valence electrons. The van der Waals surface area contributed by atoms with Gasteiger partial charge in [0.15, 0.2) is 0 Å². The average molecular weight is 621 g/mol. The van der Waals surface area contributed by atoms with Gasteiger partial charge in [-0.1, -0.05) is 53.0 Å². The lowest BCUT2D eigenvalue weighted by molar-refractivity contribution is -0.140. The highest BCUT2D eigenvalue weighted by atomic mass is 35.5. The largest absolute Gasteiger partial charge is 0.495 e. The third-order valence-electron chi connectivity index (χ3n) is 6.23. The van der Waals surface area contributed by atoms with Gasteiger partial charge < -0.3 is 15.0 Å². The van der Waals surface area contributed by atoms with Crippen LogP contribution in [-0.2, 0) is 26.2 Å². The van der Waals surface area contributed by atoms with Gasteiger partial charge in [-0.05, 0) is 82.6 Å². The van der Waals surface area contributed by atoms with Gasteiger partial charge in [0.05, 0.1) is 17.7 Å². The van der Waals surface area contributed by atoms with E-state index in [4.69, 9.17) is 27.9 Å². The van der Waals surface area contributed by atoms with E-state index < -0.39 is 34.1 Å². The molecule has 0 saturated carbocycles. The molecular weight excluding hydrogens is 585 g/mol. The minimum atomic E-state index is -4.27. The van der Waals surface area contributed by atoms with E-state index >= 15 is 0 Å². The Kier molecular flexibility index (Phi) is 10.3. The molecule has 0 fully saturated rings. The maximum atomic E-state index is 14.1. The fourth-order valence-electron chi connectivity index (χ4n) is 4.05. The molecule has 2 amide bonds. The predicted octanol–water partition coefficient (Wildman–Crippen LogP) is 5.84. The molecule has 8 nitrogen and oxygen atoms in total. The van der Waals surface area contributed by atoms with Gasteiger partial charge in [0.2, 0.25) is 11.8 Å². The number of benzene rings is 3. The van der Waals surface area contributed by atoms with Crippen molar-refractivity contribution in [1.82, 2.24) is 10.2 Å². The number of ether oxygens (including phenoxy) is 1. The third kappa shape index (κ3) is 8.38. The van der Waals surface area contributed by atoms with Crippen molar-refractivity contribution in [2.75, 3.05) is 18.0 Å². The number of carbonyl (C=O) groups is 2. The molecule has 3 aromatic rings. The normalized spacial score (nSPS) is 12.4. The first-order valence-electron chi connectivity index (χ1n) is 12.9. The smallest absolute Gasteiger partial charge is 0.264 e. The van der Waals surface area contributed by atoms with Crippen molar-refractivity contribution in [1.29, 1.82) is 0 Å². The molecule has 1 atom stereocenters. The second-order valence-electron chi connectivity index (χ2n) is 10.7. The van der Waals surface area contributed by atoms with Gasteiger partial charge in [0.25, 0.3) is 10.0 Å². The first-order chi connectivity index (χ1) is 19.1. The van der Waals surface area contributed by atoms with Gasteiger partial charge in [-0.15, -0.1) is 0 Å². The van der Waals surface area contributed by atoms with E-state index in [0.717, 1.165) is 9.87 Å². The van der Waals surface area contributed by atoms with E-state index in [9.17, 15) is 18.0 Å². The van der Waals surface area contributed by atoms with Gasteiger partial charge in [-0.2, -0.15) is 0 Å². The molecule has 0 radical (unpaired) electrons. The quantitative estimate of drug-likeness (QED) is 0.308. The lowest BCUT2D eigenvalue weighted by Crippen LogP contribution is -2.54. The first kappa shape index (κ1) is 32.2. The van der Waals surface area contributed by atoms with Crippen LogP contribution in [-0.4, -0.2) is 50.4 Å². The van der Waals surface area contributed by atoms with Crippen LogP contribution in [0.3, 0.4) is 0 Å². The van der Waals surface area contributed by atoms with Crippen LogP contribution in [0.15, 0.2) is 71.6 Å². The molecular formula is C30H35Cl2N3O5S. The van der Waals surface area contributed by atoms with Crippen molar-refractivity contribution in [2.24, 2.45) is 0 Å².